The highest BCUT2D eigenvalue weighted by molar-refractivity contribution is 5.79. The molecule has 1 amide bonds. The summed E-state index contributed by atoms with van der Waals surface area (Å²) in [6.45, 7) is 3.93. The highest BCUT2D eigenvalue weighted by Gasteiger charge is 2.34. The summed E-state index contributed by atoms with van der Waals surface area (Å²) in [6.07, 6.45) is 17.0. The molecule has 1 atom stereocenters. The van der Waals surface area contributed by atoms with Gasteiger partial charge in [0.1, 0.15) is 0 Å². The lowest BCUT2D eigenvalue weighted by Gasteiger charge is -2.36. The Bertz CT molecular complexity index is 644. The summed E-state index contributed by atoms with van der Waals surface area (Å²) in [7, 11) is 0. The van der Waals surface area contributed by atoms with Gasteiger partial charge in [-0.2, -0.15) is 0 Å². The van der Waals surface area contributed by atoms with Crippen LogP contribution in [0, 0.1) is 11.8 Å². The fourth-order valence-corrected chi connectivity index (χ4v) is 5.75. The largest absolute Gasteiger partial charge is 0.425 e. The molecule has 1 unspecified atom stereocenters. The van der Waals surface area contributed by atoms with Crippen LogP contribution in [-0.2, 0) is 4.79 Å². The van der Waals surface area contributed by atoms with Crippen LogP contribution in [0.1, 0.15) is 120 Å². The van der Waals surface area contributed by atoms with Crippen LogP contribution in [0.25, 0.3) is 0 Å². The summed E-state index contributed by atoms with van der Waals surface area (Å²) in [5.74, 6) is 3.76. The van der Waals surface area contributed by atoms with Crippen molar-refractivity contribution in [3.8, 4) is 0 Å². The minimum absolute atomic E-state index is 0.221. The standard InChI is InChI=1S/C24H39N3O2/c1-2-3-8-18-12-14-20(15-13-18)24(28)27-16-7-11-21(17-27)23-26-25-22(29-23)19-9-5-4-6-10-19/h18-21H,2-17H2,1H3. The van der Waals surface area contributed by atoms with Crippen LogP contribution < -0.4 is 0 Å². The van der Waals surface area contributed by atoms with Gasteiger partial charge in [-0.1, -0.05) is 45.4 Å². The van der Waals surface area contributed by atoms with Crippen LogP contribution in [0.5, 0.6) is 0 Å². The third-order valence-corrected chi connectivity index (χ3v) is 7.65. The van der Waals surface area contributed by atoms with Crippen molar-refractivity contribution in [3.05, 3.63) is 11.8 Å². The molecular formula is C24H39N3O2. The Balaban J connectivity index is 1.30. The summed E-state index contributed by atoms with van der Waals surface area (Å²) >= 11 is 0. The topological polar surface area (TPSA) is 59.2 Å². The average molecular weight is 402 g/mol. The molecule has 5 nitrogen and oxygen atoms in total. The molecule has 29 heavy (non-hydrogen) atoms. The number of hydrogen-bond acceptors (Lipinski definition) is 4. The third-order valence-electron chi connectivity index (χ3n) is 7.65. The first kappa shape index (κ1) is 20.9. The van der Waals surface area contributed by atoms with E-state index in [1.54, 1.807) is 0 Å². The zero-order chi connectivity index (χ0) is 20.1. The smallest absolute Gasteiger partial charge is 0.225 e. The van der Waals surface area contributed by atoms with E-state index in [0.717, 1.165) is 56.5 Å². The van der Waals surface area contributed by atoms with Crippen molar-refractivity contribution in [3.63, 3.8) is 0 Å². The van der Waals surface area contributed by atoms with Gasteiger partial charge in [-0.25, -0.2) is 0 Å². The van der Waals surface area contributed by atoms with Crippen LogP contribution in [0.15, 0.2) is 4.42 Å². The van der Waals surface area contributed by atoms with Gasteiger partial charge in [-0.05, 0) is 57.3 Å². The summed E-state index contributed by atoms with van der Waals surface area (Å²) in [5, 5.41) is 8.79. The number of carbonyl (C=O) groups excluding carboxylic acids is 1. The molecule has 2 saturated carbocycles. The van der Waals surface area contributed by atoms with Crippen LogP contribution in [0.2, 0.25) is 0 Å². The number of piperidine rings is 1. The fraction of sp³-hybridized carbons (Fsp3) is 0.875. The number of nitrogens with zero attached hydrogens (tertiary/aromatic N) is 3. The molecule has 0 N–H and O–H groups in total. The summed E-state index contributed by atoms with van der Waals surface area (Å²) in [5.41, 5.74) is 0. The van der Waals surface area contributed by atoms with E-state index in [0.29, 0.717) is 11.8 Å². The maximum atomic E-state index is 13.2. The highest BCUT2D eigenvalue weighted by Crippen LogP contribution is 2.36. The van der Waals surface area contributed by atoms with Crippen LogP contribution in [-0.4, -0.2) is 34.1 Å². The van der Waals surface area contributed by atoms with Gasteiger partial charge in [-0.15, -0.1) is 10.2 Å². The van der Waals surface area contributed by atoms with E-state index in [9.17, 15) is 4.79 Å². The van der Waals surface area contributed by atoms with Crippen molar-refractivity contribution in [1.29, 1.82) is 0 Å². The average Bonchev–Trinajstić information content (AvgIpc) is 3.29. The van der Waals surface area contributed by atoms with E-state index in [2.05, 4.69) is 22.0 Å². The minimum Gasteiger partial charge on any atom is -0.425 e. The Kier molecular flexibility index (Phi) is 7.25. The second-order valence-electron chi connectivity index (χ2n) is 9.80. The number of rotatable bonds is 6. The predicted octanol–water partition coefficient (Wildman–Crippen LogP) is 5.82. The van der Waals surface area contributed by atoms with Gasteiger partial charge in [0.15, 0.2) is 0 Å². The summed E-state index contributed by atoms with van der Waals surface area (Å²) in [4.78, 5) is 15.3. The predicted molar refractivity (Wildman–Crippen MR) is 114 cm³/mol. The quantitative estimate of drug-likeness (QED) is 0.602. The summed E-state index contributed by atoms with van der Waals surface area (Å²) in [6, 6.07) is 0. The molecule has 4 rings (SSSR count). The first-order valence-electron chi connectivity index (χ1n) is 12.4. The zero-order valence-corrected chi connectivity index (χ0v) is 18.3. The van der Waals surface area contributed by atoms with Crippen molar-refractivity contribution < 1.29 is 9.21 Å². The monoisotopic (exact) mass is 401 g/mol. The van der Waals surface area contributed by atoms with Crippen LogP contribution in [0.4, 0.5) is 0 Å². The van der Waals surface area contributed by atoms with Gasteiger partial charge < -0.3 is 9.32 Å². The maximum absolute atomic E-state index is 13.2. The molecule has 5 heteroatoms. The molecule has 1 aromatic heterocycles. The number of amides is 1. The molecule has 0 aromatic carbocycles. The van der Waals surface area contributed by atoms with Crippen molar-refractivity contribution in [2.24, 2.45) is 11.8 Å². The molecule has 2 heterocycles. The lowest BCUT2D eigenvalue weighted by molar-refractivity contribution is -0.138. The van der Waals surface area contributed by atoms with E-state index in [1.165, 1.54) is 64.2 Å². The van der Waals surface area contributed by atoms with E-state index in [4.69, 9.17) is 4.42 Å². The first-order chi connectivity index (χ1) is 14.2. The van der Waals surface area contributed by atoms with E-state index in [-0.39, 0.29) is 11.8 Å². The Hall–Kier alpha value is -1.39. The normalized spacial score (nSPS) is 29.1. The first-order valence-corrected chi connectivity index (χ1v) is 12.4. The number of unbranched alkanes of at least 4 members (excludes halogenated alkanes) is 1. The second-order valence-corrected chi connectivity index (χ2v) is 9.80. The molecule has 3 fully saturated rings. The minimum atomic E-state index is 0.221. The zero-order valence-electron chi connectivity index (χ0n) is 18.3. The van der Waals surface area contributed by atoms with E-state index >= 15 is 0 Å². The molecule has 3 aliphatic rings. The highest BCUT2D eigenvalue weighted by atomic mass is 16.4. The Morgan fingerprint density at radius 1 is 0.931 bits per heavy atom. The molecule has 0 radical (unpaired) electrons. The maximum Gasteiger partial charge on any atom is 0.225 e. The summed E-state index contributed by atoms with van der Waals surface area (Å²) < 4.78 is 6.13. The fourth-order valence-electron chi connectivity index (χ4n) is 5.75. The van der Waals surface area contributed by atoms with Crippen molar-refractivity contribution >= 4 is 5.91 Å². The molecule has 1 aliphatic heterocycles. The van der Waals surface area contributed by atoms with E-state index in [1.807, 2.05) is 0 Å². The van der Waals surface area contributed by atoms with Gasteiger partial charge in [0.05, 0.1) is 5.92 Å². The SMILES string of the molecule is CCCCC1CCC(C(=O)N2CCCC(c3nnc(C4CCCCC4)o3)C2)CC1. The van der Waals surface area contributed by atoms with Crippen LogP contribution >= 0.6 is 0 Å². The van der Waals surface area contributed by atoms with Gasteiger partial charge in [-0.3, -0.25) is 4.79 Å². The molecule has 0 bridgehead atoms. The molecule has 2 aliphatic carbocycles. The molecule has 1 aromatic rings. The molecular weight excluding hydrogens is 362 g/mol. The van der Waals surface area contributed by atoms with E-state index < -0.39 is 0 Å². The van der Waals surface area contributed by atoms with Crippen molar-refractivity contribution in [1.82, 2.24) is 15.1 Å². The van der Waals surface area contributed by atoms with Gasteiger partial charge >= 0.3 is 0 Å². The van der Waals surface area contributed by atoms with Gasteiger partial charge in [0.25, 0.3) is 0 Å². The second kappa shape index (κ2) is 10.1. The molecule has 0 spiro atoms. The Morgan fingerprint density at radius 2 is 1.62 bits per heavy atom. The van der Waals surface area contributed by atoms with Gasteiger partial charge in [0.2, 0.25) is 17.7 Å². The van der Waals surface area contributed by atoms with Crippen molar-refractivity contribution in [2.45, 2.75) is 109 Å². The van der Waals surface area contributed by atoms with Crippen LogP contribution in [0.3, 0.4) is 0 Å². The number of likely N-dealkylation sites (tertiary alicyclic amines) is 1. The number of aromatic nitrogens is 2. The number of carbonyl (C=O) groups is 1. The Labute approximate surface area is 176 Å². The number of hydrogen-bond donors (Lipinski definition) is 0. The molecule has 162 valence electrons. The Morgan fingerprint density at radius 3 is 2.34 bits per heavy atom. The molecule has 1 saturated heterocycles. The lowest BCUT2D eigenvalue weighted by Crippen LogP contribution is -2.43. The van der Waals surface area contributed by atoms with Gasteiger partial charge in [0, 0.05) is 24.9 Å². The van der Waals surface area contributed by atoms with Crippen molar-refractivity contribution in [2.75, 3.05) is 13.1 Å². The lowest BCUT2D eigenvalue weighted by atomic mass is 9.79. The third kappa shape index (κ3) is 5.21.